The average molecular weight is 201 g/mol. The summed E-state index contributed by atoms with van der Waals surface area (Å²) >= 11 is 0. The zero-order chi connectivity index (χ0) is 10.8. The van der Waals surface area contributed by atoms with Crippen molar-refractivity contribution in [2.45, 2.75) is 13.8 Å². The van der Waals surface area contributed by atoms with E-state index < -0.39 is 0 Å². The highest BCUT2D eigenvalue weighted by Gasteiger charge is 2.15. The zero-order valence-corrected chi connectivity index (χ0v) is 8.65. The second-order valence-electron chi connectivity index (χ2n) is 3.39. The van der Waals surface area contributed by atoms with E-state index in [0.29, 0.717) is 11.5 Å². The van der Waals surface area contributed by atoms with Crippen LogP contribution in [0.2, 0.25) is 0 Å². The molecule has 0 amide bonds. The molecule has 0 aliphatic carbocycles. The number of aryl methyl sites for hydroxylation is 2. The summed E-state index contributed by atoms with van der Waals surface area (Å²) in [6, 6.07) is 6.97. The molecule has 76 valence electrons. The molecular weight excluding hydrogens is 190 g/mol. The fourth-order valence-electron chi connectivity index (χ4n) is 1.31. The summed E-state index contributed by atoms with van der Waals surface area (Å²) in [6.07, 6.45) is 1.59. The molecule has 0 aromatic carbocycles. The van der Waals surface area contributed by atoms with Gasteiger partial charge >= 0.3 is 0 Å². The number of aromatic nitrogens is 1. The van der Waals surface area contributed by atoms with Crippen LogP contribution in [0.25, 0.3) is 0 Å². The molecule has 0 fully saturated rings. The van der Waals surface area contributed by atoms with Crippen LogP contribution in [0.1, 0.15) is 27.6 Å². The smallest absolute Gasteiger partial charge is 0.246 e. The first-order valence-corrected chi connectivity index (χ1v) is 4.71. The second kappa shape index (κ2) is 3.69. The largest absolute Gasteiger partial charge is 0.458 e. The van der Waals surface area contributed by atoms with Crippen LogP contribution in [-0.4, -0.2) is 10.8 Å². The number of carbonyl (C=O) groups excluding carboxylic acids is 1. The van der Waals surface area contributed by atoms with Crippen LogP contribution in [0.3, 0.4) is 0 Å². The number of hydrogen-bond acceptors (Lipinski definition) is 3. The lowest BCUT2D eigenvalue weighted by atomic mass is 10.2. The van der Waals surface area contributed by atoms with Crippen LogP contribution in [0.4, 0.5) is 0 Å². The van der Waals surface area contributed by atoms with Gasteiger partial charge in [-0.1, -0.05) is 6.07 Å². The van der Waals surface area contributed by atoms with E-state index in [1.807, 2.05) is 13.8 Å². The van der Waals surface area contributed by atoms with Crippen molar-refractivity contribution in [3.05, 3.63) is 53.2 Å². The number of ketones is 1. The molecule has 2 heterocycles. The van der Waals surface area contributed by atoms with Gasteiger partial charge < -0.3 is 4.42 Å². The van der Waals surface area contributed by atoms with E-state index in [4.69, 9.17) is 4.42 Å². The first-order chi connectivity index (χ1) is 7.18. The van der Waals surface area contributed by atoms with E-state index in [0.717, 1.165) is 11.3 Å². The number of pyridine rings is 1. The SMILES string of the molecule is Cc1cc(C(=O)c2ccccn2)oc1C. The maximum atomic E-state index is 11.9. The standard InChI is InChI=1S/C12H11NO2/c1-8-7-11(15-9(8)2)12(14)10-5-3-4-6-13-10/h3-7H,1-2H3. The number of hydrogen-bond donors (Lipinski definition) is 0. The molecule has 0 unspecified atom stereocenters. The Bertz CT molecular complexity index is 466. The normalized spacial score (nSPS) is 10.3. The minimum absolute atomic E-state index is 0.174. The maximum Gasteiger partial charge on any atom is 0.246 e. The number of rotatable bonds is 2. The van der Waals surface area contributed by atoms with Gasteiger partial charge in [-0.2, -0.15) is 0 Å². The molecule has 15 heavy (non-hydrogen) atoms. The van der Waals surface area contributed by atoms with E-state index in [9.17, 15) is 4.79 Å². The number of carbonyl (C=O) groups is 1. The fraction of sp³-hybridized carbons (Fsp3) is 0.167. The number of furan rings is 1. The first-order valence-electron chi connectivity index (χ1n) is 4.71. The van der Waals surface area contributed by atoms with Gasteiger partial charge in [-0.15, -0.1) is 0 Å². The molecule has 3 nitrogen and oxygen atoms in total. The van der Waals surface area contributed by atoms with Gasteiger partial charge in [-0.05, 0) is 37.6 Å². The summed E-state index contributed by atoms with van der Waals surface area (Å²) in [6.45, 7) is 3.75. The lowest BCUT2D eigenvalue weighted by Crippen LogP contribution is -2.01. The Morgan fingerprint density at radius 3 is 2.67 bits per heavy atom. The molecule has 0 saturated heterocycles. The van der Waals surface area contributed by atoms with Crippen molar-refractivity contribution in [3.8, 4) is 0 Å². The molecule has 0 aliphatic heterocycles. The van der Waals surface area contributed by atoms with Gasteiger partial charge in [0.1, 0.15) is 11.5 Å². The van der Waals surface area contributed by atoms with Crippen molar-refractivity contribution in [2.24, 2.45) is 0 Å². The Balaban J connectivity index is 2.37. The van der Waals surface area contributed by atoms with Crippen LogP contribution in [0.15, 0.2) is 34.9 Å². The van der Waals surface area contributed by atoms with Crippen LogP contribution >= 0.6 is 0 Å². The van der Waals surface area contributed by atoms with Gasteiger partial charge in [0.05, 0.1) is 0 Å². The van der Waals surface area contributed by atoms with Gasteiger partial charge in [0.15, 0.2) is 5.76 Å². The molecule has 2 rings (SSSR count). The Morgan fingerprint density at radius 2 is 2.13 bits per heavy atom. The third-order valence-electron chi connectivity index (χ3n) is 2.29. The van der Waals surface area contributed by atoms with Crippen molar-refractivity contribution in [3.63, 3.8) is 0 Å². The Morgan fingerprint density at radius 1 is 1.33 bits per heavy atom. The first kappa shape index (κ1) is 9.65. The minimum atomic E-state index is -0.174. The van der Waals surface area contributed by atoms with Gasteiger partial charge in [-0.3, -0.25) is 9.78 Å². The van der Waals surface area contributed by atoms with Crippen molar-refractivity contribution in [2.75, 3.05) is 0 Å². The lowest BCUT2D eigenvalue weighted by molar-refractivity contribution is 0.100. The molecule has 0 saturated carbocycles. The summed E-state index contributed by atoms with van der Waals surface area (Å²) in [5.41, 5.74) is 1.39. The van der Waals surface area contributed by atoms with Crippen molar-refractivity contribution in [1.29, 1.82) is 0 Å². The highest BCUT2D eigenvalue weighted by Crippen LogP contribution is 2.15. The second-order valence-corrected chi connectivity index (χ2v) is 3.39. The van der Waals surface area contributed by atoms with Crippen LogP contribution in [0.5, 0.6) is 0 Å². The predicted octanol–water partition coefficient (Wildman–Crippen LogP) is 2.52. The Kier molecular flexibility index (Phi) is 2.37. The molecule has 0 bridgehead atoms. The molecular formula is C12H11NO2. The van der Waals surface area contributed by atoms with Crippen LogP contribution < -0.4 is 0 Å². The Labute approximate surface area is 87.8 Å². The van der Waals surface area contributed by atoms with Crippen LogP contribution in [0, 0.1) is 13.8 Å². The van der Waals surface area contributed by atoms with Gasteiger partial charge in [0.2, 0.25) is 5.78 Å². The lowest BCUT2D eigenvalue weighted by Gasteiger charge is -1.94. The van der Waals surface area contributed by atoms with Gasteiger partial charge in [0.25, 0.3) is 0 Å². The van der Waals surface area contributed by atoms with E-state index >= 15 is 0 Å². The maximum absolute atomic E-state index is 11.9. The van der Waals surface area contributed by atoms with E-state index in [-0.39, 0.29) is 5.78 Å². The predicted molar refractivity (Wildman–Crippen MR) is 55.9 cm³/mol. The zero-order valence-electron chi connectivity index (χ0n) is 8.65. The highest BCUT2D eigenvalue weighted by molar-refractivity contribution is 6.05. The van der Waals surface area contributed by atoms with Crippen molar-refractivity contribution >= 4 is 5.78 Å². The molecule has 2 aromatic rings. The fourth-order valence-corrected chi connectivity index (χ4v) is 1.31. The van der Waals surface area contributed by atoms with Crippen LogP contribution in [-0.2, 0) is 0 Å². The highest BCUT2D eigenvalue weighted by atomic mass is 16.3. The molecule has 3 heteroatoms. The van der Waals surface area contributed by atoms with E-state index in [1.165, 1.54) is 0 Å². The molecule has 0 aliphatic rings. The van der Waals surface area contributed by atoms with Gasteiger partial charge in [0, 0.05) is 6.20 Å². The summed E-state index contributed by atoms with van der Waals surface area (Å²) in [5, 5.41) is 0. The molecule has 0 atom stereocenters. The van der Waals surface area contributed by atoms with Gasteiger partial charge in [-0.25, -0.2) is 0 Å². The van der Waals surface area contributed by atoms with E-state index in [1.54, 1.807) is 30.5 Å². The van der Waals surface area contributed by atoms with E-state index in [2.05, 4.69) is 4.98 Å². The average Bonchev–Trinajstić information content (AvgIpc) is 2.59. The Hall–Kier alpha value is -1.90. The topological polar surface area (TPSA) is 43.1 Å². The summed E-state index contributed by atoms with van der Waals surface area (Å²) < 4.78 is 5.34. The number of nitrogens with zero attached hydrogens (tertiary/aromatic N) is 1. The van der Waals surface area contributed by atoms with Crippen molar-refractivity contribution < 1.29 is 9.21 Å². The quantitative estimate of drug-likeness (QED) is 0.701. The van der Waals surface area contributed by atoms with Crippen molar-refractivity contribution in [1.82, 2.24) is 4.98 Å². The minimum Gasteiger partial charge on any atom is -0.458 e. The summed E-state index contributed by atoms with van der Waals surface area (Å²) in [4.78, 5) is 15.8. The third-order valence-corrected chi connectivity index (χ3v) is 2.29. The summed E-state index contributed by atoms with van der Waals surface area (Å²) in [7, 11) is 0. The molecule has 0 radical (unpaired) electrons. The molecule has 0 N–H and O–H groups in total. The molecule has 0 spiro atoms. The third kappa shape index (κ3) is 1.81. The molecule has 2 aromatic heterocycles. The summed E-state index contributed by atoms with van der Waals surface area (Å²) in [5.74, 6) is 0.949. The monoisotopic (exact) mass is 201 g/mol.